The third-order valence-electron chi connectivity index (χ3n) is 3.09. The molecule has 3 nitrogen and oxygen atoms in total. The summed E-state index contributed by atoms with van der Waals surface area (Å²) in [6.07, 6.45) is 1.91. The van der Waals surface area contributed by atoms with E-state index in [-0.39, 0.29) is 0 Å². The minimum absolute atomic E-state index is 0.934. The van der Waals surface area contributed by atoms with E-state index in [2.05, 4.69) is 51.3 Å². The predicted octanol–water partition coefficient (Wildman–Crippen LogP) is 3.30. The van der Waals surface area contributed by atoms with Crippen molar-refractivity contribution in [3.8, 4) is 11.3 Å². The van der Waals surface area contributed by atoms with Gasteiger partial charge in [0, 0.05) is 36.9 Å². The summed E-state index contributed by atoms with van der Waals surface area (Å²) in [7, 11) is 4.08. The first-order valence-corrected chi connectivity index (χ1v) is 5.96. The van der Waals surface area contributed by atoms with E-state index in [1.165, 1.54) is 5.69 Å². The Bertz CT molecular complexity index is 666. The number of benzene rings is 1. The molecule has 0 aliphatic heterocycles. The van der Waals surface area contributed by atoms with Crippen LogP contribution in [0.5, 0.6) is 0 Å². The Balaban J connectivity index is 2.02. The number of H-pyrrole nitrogens is 1. The normalized spacial score (nSPS) is 10.8. The van der Waals surface area contributed by atoms with Gasteiger partial charge in [-0.2, -0.15) is 0 Å². The fourth-order valence-electron chi connectivity index (χ4n) is 2.02. The van der Waals surface area contributed by atoms with Gasteiger partial charge >= 0.3 is 0 Å². The molecule has 1 N–H and O–H groups in total. The van der Waals surface area contributed by atoms with Crippen molar-refractivity contribution in [3.63, 3.8) is 0 Å². The standard InChI is InChI=1S/C15H15N3/c1-18(2)13-6-3-11(4-7-13)14-8-5-12-9-10-16-15(12)17-14/h3-10H,1-2H3,(H,16,17). The van der Waals surface area contributed by atoms with E-state index in [4.69, 9.17) is 0 Å². The second kappa shape index (κ2) is 4.18. The second-order valence-corrected chi connectivity index (χ2v) is 4.55. The summed E-state index contributed by atoms with van der Waals surface area (Å²) in [6.45, 7) is 0. The summed E-state index contributed by atoms with van der Waals surface area (Å²) < 4.78 is 0. The van der Waals surface area contributed by atoms with Crippen LogP contribution in [0.2, 0.25) is 0 Å². The topological polar surface area (TPSA) is 31.9 Å². The Morgan fingerprint density at radius 1 is 0.944 bits per heavy atom. The Morgan fingerprint density at radius 3 is 2.44 bits per heavy atom. The SMILES string of the molecule is CN(C)c1ccc(-c2ccc3cc[nH]c3n2)cc1. The molecule has 0 spiro atoms. The maximum atomic E-state index is 4.61. The highest BCUT2D eigenvalue weighted by atomic mass is 15.1. The van der Waals surface area contributed by atoms with Crippen molar-refractivity contribution in [1.82, 2.24) is 9.97 Å². The number of hydrogen-bond acceptors (Lipinski definition) is 2. The first-order chi connectivity index (χ1) is 8.74. The molecule has 0 atom stereocenters. The fraction of sp³-hybridized carbons (Fsp3) is 0.133. The lowest BCUT2D eigenvalue weighted by molar-refractivity contribution is 1.13. The summed E-state index contributed by atoms with van der Waals surface area (Å²) in [5.41, 5.74) is 4.26. The minimum atomic E-state index is 0.934. The van der Waals surface area contributed by atoms with Crippen LogP contribution in [0.3, 0.4) is 0 Å². The lowest BCUT2D eigenvalue weighted by Crippen LogP contribution is -2.07. The van der Waals surface area contributed by atoms with Crippen LogP contribution in [-0.2, 0) is 0 Å². The number of hydrogen-bond donors (Lipinski definition) is 1. The van der Waals surface area contributed by atoms with E-state index < -0.39 is 0 Å². The van der Waals surface area contributed by atoms with Crippen molar-refractivity contribution < 1.29 is 0 Å². The predicted molar refractivity (Wildman–Crippen MR) is 75.9 cm³/mol. The highest BCUT2D eigenvalue weighted by Gasteiger charge is 2.02. The molecule has 2 heterocycles. The molecule has 0 saturated carbocycles. The van der Waals surface area contributed by atoms with Crippen LogP contribution in [0, 0.1) is 0 Å². The van der Waals surface area contributed by atoms with Crippen LogP contribution in [0.25, 0.3) is 22.3 Å². The minimum Gasteiger partial charge on any atom is -0.378 e. The third kappa shape index (κ3) is 1.84. The van der Waals surface area contributed by atoms with Gasteiger partial charge in [-0.25, -0.2) is 4.98 Å². The lowest BCUT2D eigenvalue weighted by atomic mass is 10.1. The molecule has 0 unspecified atom stereocenters. The van der Waals surface area contributed by atoms with Gasteiger partial charge in [-0.15, -0.1) is 0 Å². The number of anilines is 1. The first kappa shape index (κ1) is 10.8. The van der Waals surface area contributed by atoms with Gasteiger partial charge < -0.3 is 9.88 Å². The third-order valence-corrected chi connectivity index (χ3v) is 3.09. The summed E-state index contributed by atoms with van der Waals surface area (Å²) in [5.74, 6) is 0. The summed E-state index contributed by atoms with van der Waals surface area (Å²) >= 11 is 0. The number of rotatable bonds is 2. The highest BCUT2D eigenvalue weighted by molar-refractivity contribution is 5.79. The summed E-state index contributed by atoms with van der Waals surface area (Å²) in [6, 6.07) is 14.6. The average Bonchev–Trinajstić information content (AvgIpc) is 2.86. The maximum absolute atomic E-state index is 4.61. The van der Waals surface area contributed by atoms with E-state index in [9.17, 15) is 0 Å². The van der Waals surface area contributed by atoms with Crippen LogP contribution in [0.4, 0.5) is 5.69 Å². The molecule has 0 saturated heterocycles. The Labute approximate surface area is 106 Å². The zero-order valence-corrected chi connectivity index (χ0v) is 10.5. The van der Waals surface area contributed by atoms with Crippen molar-refractivity contribution in [1.29, 1.82) is 0 Å². The van der Waals surface area contributed by atoms with Crippen LogP contribution >= 0.6 is 0 Å². The van der Waals surface area contributed by atoms with E-state index in [0.717, 1.165) is 22.3 Å². The van der Waals surface area contributed by atoms with Crippen LogP contribution < -0.4 is 4.90 Å². The molecule has 3 heteroatoms. The van der Waals surface area contributed by atoms with E-state index >= 15 is 0 Å². The maximum Gasteiger partial charge on any atom is 0.137 e. The first-order valence-electron chi connectivity index (χ1n) is 5.96. The number of nitrogens with one attached hydrogen (secondary N) is 1. The van der Waals surface area contributed by atoms with E-state index in [1.807, 2.05) is 26.4 Å². The molecule has 3 rings (SSSR count). The monoisotopic (exact) mass is 237 g/mol. The quantitative estimate of drug-likeness (QED) is 0.741. The van der Waals surface area contributed by atoms with Crippen LogP contribution in [0.15, 0.2) is 48.7 Å². The lowest BCUT2D eigenvalue weighted by Gasteiger charge is -2.12. The van der Waals surface area contributed by atoms with Gasteiger partial charge in [0.2, 0.25) is 0 Å². The van der Waals surface area contributed by atoms with E-state index in [1.54, 1.807) is 0 Å². The van der Waals surface area contributed by atoms with Gasteiger partial charge in [-0.05, 0) is 30.3 Å². The molecule has 0 amide bonds. The molecule has 18 heavy (non-hydrogen) atoms. The molecule has 0 aliphatic rings. The van der Waals surface area contributed by atoms with E-state index in [0.29, 0.717) is 0 Å². The van der Waals surface area contributed by atoms with Crippen molar-refractivity contribution >= 4 is 16.7 Å². The number of pyridine rings is 1. The zero-order valence-electron chi connectivity index (χ0n) is 10.5. The van der Waals surface area contributed by atoms with Crippen molar-refractivity contribution in [2.75, 3.05) is 19.0 Å². The molecule has 90 valence electrons. The molecule has 3 aromatic rings. The molecule has 1 aromatic carbocycles. The molecule has 0 bridgehead atoms. The van der Waals surface area contributed by atoms with Crippen molar-refractivity contribution in [2.24, 2.45) is 0 Å². The number of fused-ring (bicyclic) bond motifs is 1. The average molecular weight is 237 g/mol. The Morgan fingerprint density at radius 2 is 1.72 bits per heavy atom. The van der Waals surface area contributed by atoms with Gasteiger partial charge in [0.05, 0.1) is 5.69 Å². The summed E-state index contributed by atoms with van der Waals surface area (Å²) in [4.78, 5) is 9.84. The highest BCUT2D eigenvalue weighted by Crippen LogP contribution is 2.22. The smallest absolute Gasteiger partial charge is 0.137 e. The van der Waals surface area contributed by atoms with Gasteiger partial charge in [-0.1, -0.05) is 12.1 Å². The fourth-order valence-corrected chi connectivity index (χ4v) is 2.02. The molecular formula is C15H15N3. The Kier molecular flexibility index (Phi) is 2.52. The molecule has 0 fully saturated rings. The summed E-state index contributed by atoms with van der Waals surface area (Å²) in [5, 5.41) is 1.14. The van der Waals surface area contributed by atoms with Crippen LogP contribution in [0.1, 0.15) is 0 Å². The van der Waals surface area contributed by atoms with Gasteiger partial charge in [0.1, 0.15) is 5.65 Å². The van der Waals surface area contributed by atoms with Crippen molar-refractivity contribution in [2.45, 2.75) is 0 Å². The molecule has 0 radical (unpaired) electrons. The number of aromatic nitrogens is 2. The number of aromatic amines is 1. The largest absolute Gasteiger partial charge is 0.378 e. The van der Waals surface area contributed by atoms with Crippen LogP contribution in [-0.4, -0.2) is 24.1 Å². The molecule has 0 aliphatic carbocycles. The molecule has 2 aromatic heterocycles. The van der Waals surface area contributed by atoms with Gasteiger partial charge in [0.25, 0.3) is 0 Å². The zero-order chi connectivity index (χ0) is 12.5. The molecular weight excluding hydrogens is 222 g/mol. The second-order valence-electron chi connectivity index (χ2n) is 4.55. The van der Waals surface area contributed by atoms with Crippen molar-refractivity contribution in [3.05, 3.63) is 48.7 Å². The van der Waals surface area contributed by atoms with Gasteiger partial charge in [0.15, 0.2) is 0 Å². The number of nitrogens with zero attached hydrogens (tertiary/aromatic N) is 2. The van der Waals surface area contributed by atoms with Gasteiger partial charge in [-0.3, -0.25) is 0 Å². The Hall–Kier alpha value is -2.29.